The lowest BCUT2D eigenvalue weighted by molar-refractivity contribution is 0.244. The highest BCUT2D eigenvalue weighted by atomic mass is 79.9. The van der Waals surface area contributed by atoms with Gasteiger partial charge in [0, 0.05) is 11.8 Å². The fraction of sp³-hybridized carbons (Fsp3) is 0.231. The third kappa shape index (κ3) is 3.05. The highest BCUT2D eigenvalue weighted by molar-refractivity contribution is 9.10. The monoisotopic (exact) mass is 311 g/mol. The van der Waals surface area contributed by atoms with E-state index in [0.717, 1.165) is 21.7 Å². The van der Waals surface area contributed by atoms with Crippen molar-refractivity contribution >= 4 is 21.6 Å². The van der Waals surface area contributed by atoms with Gasteiger partial charge in [-0.25, -0.2) is 0 Å². The van der Waals surface area contributed by atoms with Crippen molar-refractivity contribution < 1.29 is 14.3 Å². The maximum Gasteiger partial charge on any atom is 0.135 e. The first kappa shape index (κ1) is 13.0. The van der Waals surface area contributed by atoms with Crippen LogP contribution >= 0.6 is 15.9 Å². The molecular weight excluding hydrogens is 298 g/mol. The molecule has 0 unspecified atom stereocenters. The number of anilines is 1. The van der Waals surface area contributed by atoms with E-state index in [0.29, 0.717) is 12.3 Å². The summed E-state index contributed by atoms with van der Waals surface area (Å²) in [4.78, 5) is 0. The first-order valence-electron chi connectivity index (χ1n) is 5.49. The largest absolute Gasteiger partial charge is 0.495 e. The fourth-order valence-corrected chi connectivity index (χ4v) is 1.97. The average molecular weight is 312 g/mol. The number of hydrogen-bond donors (Lipinski definition) is 2. The lowest BCUT2D eigenvalue weighted by Gasteiger charge is -2.08. The van der Waals surface area contributed by atoms with Crippen molar-refractivity contribution in [3.05, 3.63) is 46.3 Å². The zero-order chi connectivity index (χ0) is 13.0. The third-order valence-corrected chi connectivity index (χ3v) is 3.15. The molecular formula is C13H14BrNO3. The molecule has 0 aliphatic heterocycles. The predicted octanol–water partition coefficient (Wildman–Crippen LogP) is 3.16. The molecule has 0 atom stereocenters. The van der Waals surface area contributed by atoms with Gasteiger partial charge in [-0.15, -0.1) is 0 Å². The van der Waals surface area contributed by atoms with Crippen LogP contribution in [0.4, 0.5) is 5.69 Å². The smallest absolute Gasteiger partial charge is 0.135 e. The van der Waals surface area contributed by atoms with E-state index < -0.39 is 0 Å². The van der Waals surface area contributed by atoms with Crippen molar-refractivity contribution in [2.45, 2.75) is 13.2 Å². The van der Waals surface area contributed by atoms with Crippen LogP contribution in [0.1, 0.15) is 11.5 Å². The standard InChI is InChI=1S/C13H14BrNO3/c1-17-13-6-9(2-5-12(13)14)15-7-10-3-4-11(8-16)18-10/h2-6,15-16H,7-8H2,1H3. The maximum atomic E-state index is 8.90. The summed E-state index contributed by atoms with van der Waals surface area (Å²) in [7, 11) is 1.63. The molecule has 0 fully saturated rings. The van der Waals surface area contributed by atoms with Gasteiger partial charge in [-0.3, -0.25) is 0 Å². The Morgan fingerprint density at radius 3 is 2.72 bits per heavy atom. The van der Waals surface area contributed by atoms with Crippen LogP contribution in [-0.4, -0.2) is 12.2 Å². The van der Waals surface area contributed by atoms with Gasteiger partial charge in [-0.05, 0) is 40.2 Å². The van der Waals surface area contributed by atoms with Gasteiger partial charge in [-0.1, -0.05) is 0 Å². The second-order valence-electron chi connectivity index (χ2n) is 3.73. The van der Waals surface area contributed by atoms with Gasteiger partial charge in [0.1, 0.15) is 23.9 Å². The molecule has 0 amide bonds. The summed E-state index contributed by atoms with van der Waals surface area (Å²) >= 11 is 3.40. The Balaban J connectivity index is 2.01. The van der Waals surface area contributed by atoms with Gasteiger partial charge in [0.05, 0.1) is 18.1 Å². The first-order chi connectivity index (χ1) is 8.72. The van der Waals surface area contributed by atoms with E-state index in [-0.39, 0.29) is 6.61 Å². The van der Waals surface area contributed by atoms with E-state index in [2.05, 4.69) is 21.2 Å². The van der Waals surface area contributed by atoms with Crippen molar-refractivity contribution in [1.82, 2.24) is 0 Å². The molecule has 1 aromatic carbocycles. The molecule has 18 heavy (non-hydrogen) atoms. The minimum Gasteiger partial charge on any atom is -0.495 e. The number of ether oxygens (including phenoxy) is 1. The molecule has 0 aliphatic rings. The summed E-state index contributed by atoms with van der Waals surface area (Å²) in [5.74, 6) is 2.12. The third-order valence-electron chi connectivity index (χ3n) is 2.49. The minimum absolute atomic E-state index is 0.0773. The predicted molar refractivity (Wildman–Crippen MR) is 72.7 cm³/mol. The molecule has 2 N–H and O–H groups in total. The van der Waals surface area contributed by atoms with Crippen LogP contribution in [0.3, 0.4) is 0 Å². The van der Waals surface area contributed by atoms with Gasteiger partial charge in [-0.2, -0.15) is 0 Å². The molecule has 2 aromatic rings. The Hall–Kier alpha value is -1.46. The SMILES string of the molecule is COc1cc(NCc2ccc(CO)o2)ccc1Br. The Morgan fingerprint density at radius 2 is 2.06 bits per heavy atom. The lowest BCUT2D eigenvalue weighted by Crippen LogP contribution is -1.98. The van der Waals surface area contributed by atoms with E-state index in [9.17, 15) is 0 Å². The van der Waals surface area contributed by atoms with Gasteiger partial charge < -0.3 is 19.6 Å². The molecule has 0 bridgehead atoms. The Kier molecular flexibility index (Phi) is 4.28. The van der Waals surface area contributed by atoms with Crippen molar-refractivity contribution in [1.29, 1.82) is 0 Å². The number of nitrogens with one attached hydrogen (secondary N) is 1. The van der Waals surface area contributed by atoms with E-state index in [4.69, 9.17) is 14.3 Å². The molecule has 0 spiro atoms. The van der Waals surface area contributed by atoms with E-state index in [1.165, 1.54) is 0 Å². The number of hydrogen-bond acceptors (Lipinski definition) is 4. The second-order valence-corrected chi connectivity index (χ2v) is 4.58. The summed E-state index contributed by atoms with van der Waals surface area (Å²) in [6, 6.07) is 9.37. The molecule has 5 heteroatoms. The van der Waals surface area contributed by atoms with Crippen molar-refractivity contribution in [2.75, 3.05) is 12.4 Å². The van der Waals surface area contributed by atoms with E-state index in [1.807, 2.05) is 24.3 Å². The van der Waals surface area contributed by atoms with Crippen LogP contribution in [0.2, 0.25) is 0 Å². The zero-order valence-corrected chi connectivity index (χ0v) is 11.5. The summed E-state index contributed by atoms with van der Waals surface area (Å²) in [5, 5.41) is 12.1. The van der Waals surface area contributed by atoms with Crippen molar-refractivity contribution in [2.24, 2.45) is 0 Å². The topological polar surface area (TPSA) is 54.6 Å². The minimum atomic E-state index is -0.0773. The Bertz CT molecular complexity index is 525. The number of aliphatic hydroxyl groups is 1. The number of methoxy groups -OCH3 is 1. The van der Waals surface area contributed by atoms with Gasteiger partial charge in [0.15, 0.2) is 0 Å². The Morgan fingerprint density at radius 1 is 1.28 bits per heavy atom. The van der Waals surface area contributed by atoms with Crippen LogP contribution in [-0.2, 0) is 13.2 Å². The maximum absolute atomic E-state index is 8.90. The van der Waals surface area contributed by atoms with Gasteiger partial charge >= 0.3 is 0 Å². The summed E-state index contributed by atoms with van der Waals surface area (Å²) in [5.41, 5.74) is 0.942. The van der Waals surface area contributed by atoms with Gasteiger partial charge in [0.25, 0.3) is 0 Å². The van der Waals surface area contributed by atoms with Crippen LogP contribution in [0.25, 0.3) is 0 Å². The van der Waals surface area contributed by atoms with Crippen LogP contribution < -0.4 is 10.1 Å². The van der Waals surface area contributed by atoms with Crippen LogP contribution in [0, 0.1) is 0 Å². The molecule has 96 valence electrons. The lowest BCUT2D eigenvalue weighted by atomic mass is 10.3. The zero-order valence-electron chi connectivity index (χ0n) is 9.94. The quantitative estimate of drug-likeness (QED) is 0.890. The number of furan rings is 1. The average Bonchev–Trinajstić information content (AvgIpc) is 2.86. The molecule has 0 saturated carbocycles. The highest BCUT2D eigenvalue weighted by Crippen LogP contribution is 2.28. The van der Waals surface area contributed by atoms with Crippen LogP contribution in [0.15, 0.2) is 39.2 Å². The summed E-state index contributed by atoms with van der Waals surface area (Å²) in [6.45, 7) is 0.483. The molecule has 0 saturated heterocycles. The van der Waals surface area contributed by atoms with Crippen molar-refractivity contribution in [3.63, 3.8) is 0 Å². The molecule has 2 rings (SSSR count). The normalized spacial score (nSPS) is 10.4. The van der Waals surface area contributed by atoms with Gasteiger partial charge in [0.2, 0.25) is 0 Å². The number of halogens is 1. The van der Waals surface area contributed by atoms with E-state index >= 15 is 0 Å². The molecule has 0 radical (unpaired) electrons. The molecule has 1 heterocycles. The molecule has 0 aliphatic carbocycles. The summed E-state index contributed by atoms with van der Waals surface area (Å²) < 4.78 is 11.5. The number of benzene rings is 1. The first-order valence-corrected chi connectivity index (χ1v) is 6.28. The van der Waals surface area contributed by atoms with E-state index in [1.54, 1.807) is 13.2 Å². The van der Waals surface area contributed by atoms with Crippen LogP contribution in [0.5, 0.6) is 5.75 Å². The number of rotatable bonds is 5. The highest BCUT2D eigenvalue weighted by Gasteiger charge is 2.03. The van der Waals surface area contributed by atoms with Crippen molar-refractivity contribution in [3.8, 4) is 5.75 Å². The Labute approximate surface area is 114 Å². The number of aliphatic hydroxyl groups excluding tert-OH is 1. The fourth-order valence-electron chi connectivity index (χ4n) is 1.56. The molecule has 1 aromatic heterocycles. The second kappa shape index (κ2) is 5.93. The molecule has 4 nitrogen and oxygen atoms in total. The summed E-state index contributed by atoms with van der Waals surface area (Å²) in [6.07, 6.45) is 0.